The molecule has 0 amide bonds. The average molecular weight is 264 g/mol. The number of furan rings is 1. The van der Waals surface area contributed by atoms with E-state index in [9.17, 15) is 0 Å². The second-order valence-corrected chi connectivity index (χ2v) is 5.16. The van der Waals surface area contributed by atoms with Gasteiger partial charge in [-0.3, -0.25) is 5.41 Å². The first-order chi connectivity index (χ1) is 9.78. The summed E-state index contributed by atoms with van der Waals surface area (Å²) in [4.78, 5) is 0. The van der Waals surface area contributed by atoms with Gasteiger partial charge in [0.25, 0.3) is 0 Å². The maximum absolute atomic E-state index is 9.09. The predicted octanol–water partition coefficient (Wildman–Crippen LogP) is 3.41. The number of nitrogens with one attached hydrogen (secondary N) is 1. The third kappa shape index (κ3) is 1.44. The van der Waals surface area contributed by atoms with Gasteiger partial charge < -0.3 is 8.83 Å². The lowest BCUT2D eigenvalue weighted by molar-refractivity contribution is 0.505. The van der Waals surface area contributed by atoms with Gasteiger partial charge in [0, 0.05) is 22.8 Å². The van der Waals surface area contributed by atoms with Gasteiger partial charge in [-0.1, -0.05) is 0 Å². The van der Waals surface area contributed by atoms with Gasteiger partial charge in [0.15, 0.2) is 0 Å². The molecule has 0 unspecified atom stereocenters. The van der Waals surface area contributed by atoms with Crippen molar-refractivity contribution < 1.29 is 8.83 Å². The van der Waals surface area contributed by atoms with Crippen LogP contribution in [0.1, 0.15) is 29.7 Å². The summed E-state index contributed by atoms with van der Waals surface area (Å²) in [7, 11) is 0. The summed E-state index contributed by atoms with van der Waals surface area (Å²) < 4.78 is 11.4. The molecule has 2 heterocycles. The molecule has 1 aliphatic rings. The zero-order valence-electron chi connectivity index (χ0n) is 10.8. The molecule has 1 N–H and O–H groups in total. The Morgan fingerprint density at radius 1 is 1.10 bits per heavy atom. The van der Waals surface area contributed by atoms with Crippen LogP contribution in [0.3, 0.4) is 0 Å². The quantitative estimate of drug-likeness (QED) is 0.676. The molecule has 20 heavy (non-hydrogen) atoms. The van der Waals surface area contributed by atoms with Gasteiger partial charge >= 0.3 is 0 Å². The minimum absolute atomic E-state index is 0.0864. The first-order valence-electron chi connectivity index (χ1n) is 6.74. The van der Waals surface area contributed by atoms with Crippen LogP contribution in [0.25, 0.3) is 21.9 Å². The molecule has 4 rings (SSSR count). The van der Waals surface area contributed by atoms with Crippen molar-refractivity contribution in [2.45, 2.75) is 25.7 Å². The van der Waals surface area contributed by atoms with E-state index >= 15 is 0 Å². The number of nitriles is 1. The molecule has 0 fully saturated rings. The van der Waals surface area contributed by atoms with Gasteiger partial charge in [-0.2, -0.15) is 5.26 Å². The third-order valence-corrected chi connectivity index (χ3v) is 3.99. The molecule has 0 aliphatic heterocycles. The highest BCUT2D eigenvalue weighted by molar-refractivity contribution is 6.06. The molecular weight excluding hydrogens is 252 g/mol. The van der Waals surface area contributed by atoms with Crippen LogP contribution in [0.2, 0.25) is 0 Å². The molecule has 2 aromatic heterocycles. The topological polar surface area (TPSA) is 73.9 Å². The van der Waals surface area contributed by atoms with Crippen LogP contribution < -0.4 is 5.55 Å². The summed E-state index contributed by atoms with van der Waals surface area (Å²) in [6.07, 6.45) is 4.31. The van der Waals surface area contributed by atoms with Gasteiger partial charge in [-0.05, 0) is 37.5 Å². The van der Waals surface area contributed by atoms with E-state index in [-0.39, 0.29) is 11.1 Å². The molecule has 3 aromatic rings. The molecule has 0 atom stereocenters. The Kier molecular flexibility index (Phi) is 2.25. The lowest BCUT2D eigenvalue weighted by Crippen LogP contribution is -2.04. The largest absolute Gasteiger partial charge is 0.461 e. The maximum Gasteiger partial charge on any atom is 0.229 e. The minimum atomic E-state index is -0.0864. The second-order valence-electron chi connectivity index (χ2n) is 5.16. The molecule has 98 valence electrons. The Bertz CT molecular complexity index is 941. The van der Waals surface area contributed by atoms with E-state index < -0.39 is 0 Å². The number of benzene rings is 1. The van der Waals surface area contributed by atoms with Gasteiger partial charge in [-0.15, -0.1) is 0 Å². The molecule has 1 aliphatic carbocycles. The van der Waals surface area contributed by atoms with Crippen molar-refractivity contribution >= 4 is 21.9 Å². The van der Waals surface area contributed by atoms with E-state index in [1.807, 2.05) is 18.2 Å². The summed E-state index contributed by atoms with van der Waals surface area (Å²) in [6.45, 7) is 0. The maximum atomic E-state index is 9.09. The third-order valence-electron chi connectivity index (χ3n) is 3.99. The van der Waals surface area contributed by atoms with E-state index in [1.54, 1.807) is 6.07 Å². The van der Waals surface area contributed by atoms with Crippen molar-refractivity contribution in [3.63, 3.8) is 0 Å². The second kappa shape index (κ2) is 3.97. The van der Waals surface area contributed by atoms with Crippen LogP contribution in [0.15, 0.2) is 27.0 Å². The fourth-order valence-electron chi connectivity index (χ4n) is 3.05. The van der Waals surface area contributed by atoms with Gasteiger partial charge in [-0.25, -0.2) is 0 Å². The van der Waals surface area contributed by atoms with Crippen molar-refractivity contribution in [1.82, 2.24) is 0 Å². The summed E-state index contributed by atoms with van der Waals surface area (Å²) in [6, 6.07) is 7.46. The minimum Gasteiger partial charge on any atom is -0.461 e. The first-order valence-corrected chi connectivity index (χ1v) is 6.74. The van der Waals surface area contributed by atoms with Gasteiger partial charge in [0.05, 0.1) is 0 Å². The molecule has 0 saturated carbocycles. The molecule has 4 heteroatoms. The first kappa shape index (κ1) is 11.3. The van der Waals surface area contributed by atoms with Crippen molar-refractivity contribution in [3.05, 3.63) is 40.6 Å². The highest BCUT2D eigenvalue weighted by atomic mass is 16.3. The van der Waals surface area contributed by atoms with E-state index in [0.29, 0.717) is 5.58 Å². The van der Waals surface area contributed by atoms with E-state index in [4.69, 9.17) is 19.5 Å². The van der Waals surface area contributed by atoms with Crippen molar-refractivity contribution in [3.8, 4) is 6.07 Å². The van der Waals surface area contributed by atoms with Gasteiger partial charge in [0.1, 0.15) is 28.6 Å². The normalized spacial score (nSPS) is 14.3. The van der Waals surface area contributed by atoms with Crippen LogP contribution in [0, 0.1) is 16.7 Å². The highest BCUT2D eigenvalue weighted by Gasteiger charge is 2.20. The molecule has 0 bridgehead atoms. The van der Waals surface area contributed by atoms with Crippen LogP contribution in [-0.4, -0.2) is 0 Å². The lowest BCUT2D eigenvalue weighted by Gasteiger charge is -2.09. The smallest absolute Gasteiger partial charge is 0.229 e. The SMILES string of the molecule is N#Cc1cc2c(ccc3oc4c(c32)CCCC4)oc1=N. The molecular formula is C16H12N2O2. The molecule has 0 saturated heterocycles. The molecule has 1 aromatic carbocycles. The van der Waals surface area contributed by atoms with Crippen molar-refractivity contribution in [2.75, 3.05) is 0 Å². The van der Waals surface area contributed by atoms with Gasteiger partial charge in [0.2, 0.25) is 5.55 Å². The number of nitrogens with zero attached hydrogens (tertiary/aromatic N) is 1. The van der Waals surface area contributed by atoms with Crippen LogP contribution in [0.5, 0.6) is 0 Å². The molecule has 0 spiro atoms. The zero-order valence-corrected chi connectivity index (χ0v) is 10.8. The van der Waals surface area contributed by atoms with Crippen LogP contribution in [0.4, 0.5) is 0 Å². The van der Waals surface area contributed by atoms with Crippen LogP contribution in [-0.2, 0) is 12.8 Å². The Labute approximate surface area is 114 Å². The Balaban J connectivity index is 2.20. The summed E-state index contributed by atoms with van der Waals surface area (Å²) in [5.74, 6) is 1.06. The van der Waals surface area contributed by atoms with Crippen molar-refractivity contribution in [2.24, 2.45) is 0 Å². The summed E-state index contributed by atoms with van der Waals surface area (Å²) >= 11 is 0. The fourth-order valence-corrected chi connectivity index (χ4v) is 3.05. The van der Waals surface area contributed by atoms with Crippen LogP contribution >= 0.6 is 0 Å². The fraction of sp³-hybridized carbons (Fsp3) is 0.250. The number of hydrogen-bond acceptors (Lipinski definition) is 4. The highest BCUT2D eigenvalue weighted by Crippen LogP contribution is 2.36. The molecule has 4 nitrogen and oxygen atoms in total. The number of hydrogen-bond donors (Lipinski definition) is 1. The van der Waals surface area contributed by atoms with E-state index in [1.165, 1.54) is 5.56 Å². The zero-order chi connectivity index (χ0) is 13.7. The monoisotopic (exact) mass is 264 g/mol. The number of rotatable bonds is 0. The Hall–Kier alpha value is -2.54. The summed E-state index contributed by atoms with van der Waals surface area (Å²) in [5, 5.41) is 18.7. The number of aryl methyl sites for hydroxylation is 2. The standard InChI is InChI=1S/C16H12N2O2/c17-8-9-7-11-13(20-16(9)18)5-6-14-15(11)10-3-1-2-4-12(10)19-14/h5-7,18H,1-4H2. The van der Waals surface area contributed by atoms with E-state index in [0.717, 1.165) is 47.8 Å². The average Bonchev–Trinajstić information content (AvgIpc) is 2.85. The number of fused-ring (bicyclic) bond motifs is 5. The predicted molar refractivity (Wildman–Crippen MR) is 73.2 cm³/mol. The Morgan fingerprint density at radius 3 is 2.75 bits per heavy atom. The Morgan fingerprint density at radius 2 is 1.90 bits per heavy atom. The summed E-state index contributed by atoms with van der Waals surface area (Å²) in [5.41, 5.74) is 2.90. The van der Waals surface area contributed by atoms with E-state index in [2.05, 4.69) is 0 Å². The molecule has 0 radical (unpaired) electrons. The lowest BCUT2D eigenvalue weighted by atomic mass is 9.94. The van der Waals surface area contributed by atoms with Crippen molar-refractivity contribution in [1.29, 1.82) is 10.7 Å².